The van der Waals surface area contributed by atoms with Crippen LogP contribution in [0.5, 0.6) is 0 Å². The first-order chi connectivity index (χ1) is 10.9. The fourth-order valence-corrected chi connectivity index (χ4v) is 3.22. The molecule has 0 fully saturated rings. The predicted octanol–water partition coefficient (Wildman–Crippen LogP) is 4.16. The van der Waals surface area contributed by atoms with E-state index in [9.17, 15) is 14.0 Å². The summed E-state index contributed by atoms with van der Waals surface area (Å²) < 4.78 is 13.7. The zero-order chi connectivity index (χ0) is 16.6. The van der Waals surface area contributed by atoms with Gasteiger partial charge in [0, 0.05) is 15.5 Å². The van der Waals surface area contributed by atoms with Crippen LogP contribution < -0.4 is 10.6 Å². The van der Waals surface area contributed by atoms with E-state index in [-0.39, 0.29) is 21.9 Å². The number of halogens is 2. The maximum Gasteiger partial charge on any atom is 0.255 e. The summed E-state index contributed by atoms with van der Waals surface area (Å²) in [5.41, 5.74) is 0.958. The third-order valence-electron chi connectivity index (χ3n) is 3.35. The van der Waals surface area contributed by atoms with Gasteiger partial charge in [-0.3, -0.25) is 9.59 Å². The Kier molecular flexibility index (Phi) is 4.28. The number of anilines is 2. The lowest BCUT2D eigenvalue weighted by molar-refractivity contribution is -0.115. The summed E-state index contributed by atoms with van der Waals surface area (Å²) in [5.74, 6) is -1.18. The van der Waals surface area contributed by atoms with Gasteiger partial charge in [0.25, 0.3) is 5.91 Å². The molecule has 7 heteroatoms. The lowest BCUT2D eigenvalue weighted by Crippen LogP contribution is -2.26. The van der Waals surface area contributed by atoms with Crippen molar-refractivity contribution in [3.63, 3.8) is 0 Å². The number of hydrogen-bond donors (Lipinski definition) is 2. The number of carbonyl (C=O) groups excluding carboxylic acids is 2. The molecular formula is C16H12ClFN2O2S. The van der Waals surface area contributed by atoms with Crippen LogP contribution in [0.2, 0.25) is 5.02 Å². The molecule has 0 saturated heterocycles. The zero-order valence-electron chi connectivity index (χ0n) is 12.0. The molecular weight excluding hydrogens is 339 g/mol. The molecule has 0 radical (unpaired) electrons. The van der Waals surface area contributed by atoms with E-state index in [0.29, 0.717) is 11.3 Å². The fraction of sp³-hybridized carbons (Fsp3) is 0.125. The first-order valence-electron chi connectivity index (χ1n) is 6.82. The Morgan fingerprint density at radius 3 is 2.83 bits per heavy atom. The van der Waals surface area contributed by atoms with E-state index in [0.717, 1.165) is 11.0 Å². The second kappa shape index (κ2) is 6.22. The summed E-state index contributed by atoms with van der Waals surface area (Å²) in [6.45, 7) is 1.81. The molecule has 1 aliphatic rings. The van der Waals surface area contributed by atoms with Gasteiger partial charge in [-0.05, 0) is 43.3 Å². The van der Waals surface area contributed by atoms with Crippen LogP contribution in [-0.2, 0) is 4.79 Å². The van der Waals surface area contributed by atoms with Crippen LogP contribution in [0.25, 0.3) is 0 Å². The molecule has 1 unspecified atom stereocenters. The van der Waals surface area contributed by atoms with E-state index >= 15 is 0 Å². The highest BCUT2D eigenvalue weighted by Gasteiger charge is 2.23. The molecule has 1 heterocycles. The molecule has 2 aromatic carbocycles. The molecule has 0 bridgehead atoms. The highest BCUT2D eigenvalue weighted by Crippen LogP contribution is 2.36. The van der Waals surface area contributed by atoms with Gasteiger partial charge in [0.05, 0.1) is 16.6 Å². The van der Waals surface area contributed by atoms with Crippen LogP contribution in [0.3, 0.4) is 0 Å². The van der Waals surface area contributed by atoms with Crippen molar-refractivity contribution in [3.05, 3.63) is 52.8 Å². The number of amides is 2. The van der Waals surface area contributed by atoms with Crippen LogP contribution in [0.1, 0.15) is 17.3 Å². The summed E-state index contributed by atoms with van der Waals surface area (Å²) >= 11 is 7.11. The number of thioether (sulfide) groups is 1. The van der Waals surface area contributed by atoms with Crippen LogP contribution >= 0.6 is 23.4 Å². The maximum absolute atomic E-state index is 13.7. The minimum absolute atomic E-state index is 0.0455. The number of carbonyl (C=O) groups is 2. The van der Waals surface area contributed by atoms with Gasteiger partial charge in [-0.2, -0.15) is 0 Å². The standard InChI is InChI=1S/C16H12ClFN2O2S/c1-8-15(21)20-13-6-9(2-5-14(13)23-8)16(22)19-12-4-3-10(17)7-11(12)18/h2-8H,1H3,(H,19,22)(H,20,21). The molecule has 3 rings (SSSR count). The first-order valence-corrected chi connectivity index (χ1v) is 8.08. The summed E-state index contributed by atoms with van der Waals surface area (Å²) in [5, 5.41) is 5.32. The molecule has 0 aromatic heterocycles. The molecule has 0 saturated carbocycles. The number of benzene rings is 2. The van der Waals surface area contributed by atoms with Gasteiger partial charge >= 0.3 is 0 Å². The zero-order valence-corrected chi connectivity index (χ0v) is 13.6. The molecule has 0 aliphatic carbocycles. The molecule has 0 spiro atoms. The van der Waals surface area contributed by atoms with Gasteiger partial charge in [0.1, 0.15) is 5.82 Å². The SMILES string of the molecule is CC1Sc2ccc(C(=O)Nc3ccc(Cl)cc3F)cc2NC1=O. The normalized spacial score (nSPS) is 16.5. The van der Waals surface area contributed by atoms with Crippen molar-refractivity contribution in [1.82, 2.24) is 0 Å². The molecule has 2 aromatic rings. The first kappa shape index (κ1) is 15.8. The second-order valence-electron chi connectivity index (χ2n) is 5.04. The molecule has 2 N–H and O–H groups in total. The van der Waals surface area contributed by atoms with Crippen molar-refractivity contribution in [3.8, 4) is 0 Å². The van der Waals surface area contributed by atoms with Gasteiger partial charge in [-0.25, -0.2) is 4.39 Å². The summed E-state index contributed by atoms with van der Waals surface area (Å²) in [6.07, 6.45) is 0. The lowest BCUT2D eigenvalue weighted by atomic mass is 10.1. The highest BCUT2D eigenvalue weighted by molar-refractivity contribution is 8.00. The maximum atomic E-state index is 13.7. The molecule has 2 amide bonds. The Bertz CT molecular complexity index is 813. The van der Waals surface area contributed by atoms with E-state index in [1.807, 2.05) is 6.92 Å². The van der Waals surface area contributed by atoms with Gasteiger partial charge in [-0.1, -0.05) is 11.6 Å². The largest absolute Gasteiger partial charge is 0.324 e. The summed E-state index contributed by atoms with van der Waals surface area (Å²) in [4.78, 5) is 24.9. The third-order valence-corrected chi connectivity index (χ3v) is 4.76. The third kappa shape index (κ3) is 3.33. The quantitative estimate of drug-likeness (QED) is 0.854. The van der Waals surface area contributed by atoms with Crippen LogP contribution in [0.15, 0.2) is 41.3 Å². The van der Waals surface area contributed by atoms with Crippen LogP contribution in [0, 0.1) is 5.82 Å². The van der Waals surface area contributed by atoms with Crippen molar-refractivity contribution in [2.45, 2.75) is 17.1 Å². The molecule has 118 valence electrons. The molecule has 4 nitrogen and oxygen atoms in total. The van der Waals surface area contributed by atoms with Gasteiger partial charge in [-0.15, -0.1) is 11.8 Å². The van der Waals surface area contributed by atoms with E-state index in [1.165, 1.54) is 23.9 Å². The highest BCUT2D eigenvalue weighted by atomic mass is 35.5. The molecule has 1 atom stereocenters. The Hall–Kier alpha value is -2.05. The van der Waals surface area contributed by atoms with E-state index in [4.69, 9.17) is 11.6 Å². The molecule has 23 heavy (non-hydrogen) atoms. The van der Waals surface area contributed by atoms with Gasteiger partial charge in [0.2, 0.25) is 5.91 Å². The van der Waals surface area contributed by atoms with Crippen molar-refractivity contribution in [1.29, 1.82) is 0 Å². The monoisotopic (exact) mass is 350 g/mol. The van der Waals surface area contributed by atoms with Crippen LogP contribution in [-0.4, -0.2) is 17.1 Å². The number of rotatable bonds is 2. The minimum atomic E-state index is -0.610. The Labute approximate surface area is 141 Å². The second-order valence-corrected chi connectivity index (χ2v) is 6.86. The van der Waals surface area contributed by atoms with Crippen molar-refractivity contribution < 1.29 is 14.0 Å². The van der Waals surface area contributed by atoms with E-state index < -0.39 is 11.7 Å². The van der Waals surface area contributed by atoms with E-state index in [2.05, 4.69) is 10.6 Å². The van der Waals surface area contributed by atoms with E-state index in [1.54, 1.807) is 18.2 Å². The summed E-state index contributed by atoms with van der Waals surface area (Å²) in [6, 6.07) is 9.00. The number of hydrogen-bond acceptors (Lipinski definition) is 3. The Balaban J connectivity index is 1.83. The minimum Gasteiger partial charge on any atom is -0.324 e. The lowest BCUT2D eigenvalue weighted by Gasteiger charge is -2.21. The predicted molar refractivity (Wildman–Crippen MR) is 89.8 cm³/mol. The summed E-state index contributed by atoms with van der Waals surface area (Å²) in [7, 11) is 0. The average molecular weight is 351 g/mol. The smallest absolute Gasteiger partial charge is 0.255 e. The molecule has 1 aliphatic heterocycles. The van der Waals surface area contributed by atoms with Crippen molar-refractivity contribution >= 4 is 46.6 Å². The fourth-order valence-electron chi connectivity index (χ4n) is 2.14. The van der Waals surface area contributed by atoms with Crippen LogP contribution in [0.4, 0.5) is 15.8 Å². The van der Waals surface area contributed by atoms with Crippen molar-refractivity contribution in [2.24, 2.45) is 0 Å². The Morgan fingerprint density at radius 2 is 2.09 bits per heavy atom. The number of nitrogens with one attached hydrogen (secondary N) is 2. The topological polar surface area (TPSA) is 58.2 Å². The van der Waals surface area contributed by atoms with Gasteiger partial charge < -0.3 is 10.6 Å². The van der Waals surface area contributed by atoms with Crippen molar-refractivity contribution in [2.75, 3.05) is 10.6 Å². The van der Waals surface area contributed by atoms with Gasteiger partial charge in [0.15, 0.2) is 0 Å². The Morgan fingerprint density at radius 1 is 1.30 bits per heavy atom. The number of fused-ring (bicyclic) bond motifs is 1. The average Bonchev–Trinajstić information content (AvgIpc) is 2.50.